The van der Waals surface area contributed by atoms with E-state index in [2.05, 4.69) is 0 Å². The molecular formula is C18H25NO. The van der Waals surface area contributed by atoms with Crippen LogP contribution in [0.5, 0.6) is 5.75 Å². The maximum absolute atomic E-state index is 10.1. The molecule has 1 N–H and O–H groups in total. The summed E-state index contributed by atoms with van der Waals surface area (Å²) < 4.78 is 0. The molecule has 2 saturated carbocycles. The molecule has 1 aromatic carbocycles. The summed E-state index contributed by atoms with van der Waals surface area (Å²) in [5.74, 6) is 2.08. The third-order valence-corrected chi connectivity index (χ3v) is 5.21. The molecule has 2 aliphatic carbocycles. The van der Waals surface area contributed by atoms with Gasteiger partial charge in [0.25, 0.3) is 0 Å². The molecule has 3 unspecified atom stereocenters. The molecule has 0 heterocycles. The first kappa shape index (κ1) is 13.7. The van der Waals surface area contributed by atoms with Gasteiger partial charge in [-0.15, -0.1) is 0 Å². The highest BCUT2D eigenvalue weighted by molar-refractivity contribution is 5.84. The van der Waals surface area contributed by atoms with Crippen molar-refractivity contribution < 1.29 is 5.11 Å². The van der Waals surface area contributed by atoms with Gasteiger partial charge in [0.15, 0.2) is 0 Å². The Balaban J connectivity index is 1.75. The van der Waals surface area contributed by atoms with Gasteiger partial charge in [-0.25, -0.2) is 0 Å². The van der Waals surface area contributed by atoms with Crippen molar-refractivity contribution in [1.29, 1.82) is 0 Å². The Bertz CT molecular complexity index is 492. The van der Waals surface area contributed by atoms with E-state index in [0.29, 0.717) is 11.8 Å². The molecule has 0 bridgehead atoms. The number of para-hydroxylation sites is 1. The lowest BCUT2D eigenvalue weighted by molar-refractivity contribution is 0.148. The van der Waals surface area contributed by atoms with Crippen LogP contribution in [0.15, 0.2) is 23.2 Å². The molecule has 2 aliphatic rings. The quantitative estimate of drug-likeness (QED) is 0.790. The van der Waals surface area contributed by atoms with Crippen LogP contribution >= 0.6 is 0 Å². The summed E-state index contributed by atoms with van der Waals surface area (Å²) in [7, 11) is 0. The largest absolute Gasteiger partial charge is 0.507 e. The number of fused-ring (bicyclic) bond motifs is 1. The Morgan fingerprint density at radius 3 is 2.80 bits per heavy atom. The highest BCUT2D eigenvalue weighted by Crippen LogP contribution is 2.41. The van der Waals surface area contributed by atoms with Gasteiger partial charge in [-0.05, 0) is 43.2 Å². The zero-order valence-electron chi connectivity index (χ0n) is 12.4. The zero-order chi connectivity index (χ0) is 13.9. The second kappa shape index (κ2) is 5.99. The lowest BCUT2D eigenvalue weighted by Gasteiger charge is -2.39. The molecule has 3 rings (SSSR count). The predicted molar refractivity (Wildman–Crippen MR) is 83.5 cm³/mol. The van der Waals surface area contributed by atoms with Gasteiger partial charge < -0.3 is 5.11 Å². The normalized spacial score (nSPS) is 30.4. The maximum Gasteiger partial charge on any atom is 0.127 e. The lowest BCUT2D eigenvalue weighted by Crippen LogP contribution is -2.33. The van der Waals surface area contributed by atoms with E-state index in [1.165, 1.54) is 44.9 Å². The first-order valence-corrected chi connectivity index (χ1v) is 8.07. The molecule has 3 atom stereocenters. The van der Waals surface area contributed by atoms with Crippen LogP contribution in [0.1, 0.15) is 56.1 Å². The van der Waals surface area contributed by atoms with E-state index in [-0.39, 0.29) is 0 Å². The highest BCUT2D eigenvalue weighted by atomic mass is 16.3. The standard InChI is InChI=1S/C18H25NO/c1-13-6-4-9-15(18(13)20)12-19-17-11-5-8-14-7-2-3-10-16(14)17/h4,6,9,12,14,16-17,20H,2-3,5,7-8,10-11H2,1H3. The number of hydrogen-bond acceptors (Lipinski definition) is 2. The van der Waals surface area contributed by atoms with Crippen LogP contribution in [0, 0.1) is 18.8 Å². The number of aryl methyl sites for hydroxylation is 1. The first-order valence-electron chi connectivity index (χ1n) is 8.07. The topological polar surface area (TPSA) is 32.6 Å². The van der Waals surface area contributed by atoms with E-state index in [4.69, 9.17) is 4.99 Å². The fourth-order valence-electron chi connectivity index (χ4n) is 4.05. The third kappa shape index (κ3) is 2.74. The van der Waals surface area contributed by atoms with Gasteiger partial charge in [-0.2, -0.15) is 0 Å². The number of rotatable bonds is 2. The molecule has 2 heteroatoms. The minimum atomic E-state index is 0.382. The van der Waals surface area contributed by atoms with Gasteiger partial charge in [-0.1, -0.05) is 44.2 Å². The van der Waals surface area contributed by atoms with Crippen molar-refractivity contribution >= 4 is 6.21 Å². The van der Waals surface area contributed by atoms with Gasteiger partial charge in [-0.3, -0.25) is 4.99 Å². The van der Waals surface area contributed by atoms with E-state index in [9.17, 15) is 5.11 Å². The molecule has 0 aromatic heterocycles. The Labute approximate surface area is 121 Å². The number of nitrogens with zero attached hydrogens (tertiary/aromatic N) is 1. The monoisotopic (exact) mass is 271 g/mol. The van der Waals surface area contributed by atoms with Crippen LogP contribution in [0.25, 0.3) is 0 Å². The molecule has 0 saturated heterocycles. The summed E-state index contributed by atoms with van der Waals surface area (Å²) >= 11 is 0. The third-order valence-electron chi connectivity index (χ3n) is 5.21. The number of aliphatic imine (C=N–C) groups is 1. The maximum atomic E-state index is 10.1. The van der Waals surface area contributed by atoms with Gasteiger partial charge >= 0.3 is 0 Å². The number of hydrogen-bond donors (Lipinski definition) is 1. The van der Waals surface area contributed by atoms with Crippen LogP contribution in [0.4, 0.5) is 0 Å². The number of phenolic OH excluding ortho intramolecular Hbond substituents is 1. The molecule has 0 radical (unpaired) electrons. The number of aromatic hydroxyl groups is 1. The van der Waals surface area contributed by atoms with Crippen LogP contribution in [0.3, 0.4) is 0 Å². The first-order chi connectivity index (χ1) is 9.75. The molecule has 2 fully saturated rings. The average Bonchev–Trinajstić information content (AvgIpc) is 2.49. The van der Waals surface area contributed by atoms with Gasteiger partial charge in [0.2, 0.25) is 0 Å². The molecular weight excluding hydrogens is 246 g/mol. The summed E-state index contributed by atoms with van der Waals surface area (Å²) in [6.45, 7) is 1.93. The van der Waals surface area contributed by atoms with Crippen molar-refractivity contribution in [2.45, 2.75) is 57.9 Å². The minimum absolute atomic E-state index is 0.382. The van der Waals surface area contributed by atoms with Crippen LogP contribution in [-0.2, 0) is 0 Å². The molecule has 1 aromatic rings. The van der Waals surface area contributed by atoms with Gasteiger partial charge in [0.05, 0.1) is 6.04 Å². The van der Waals surface area contributed by atoms with Crippen LogP contribution < -0.4 is 0 Å². The van der Waals surface area contributed by atoms with Crippen molar-refractivity contribution in [3.05, 3.63) is 29.3 Å². The van der Waals surface area contributed by atoms with Crippen molar-refractivity contribution in [1.82, 2.24) is 0 Å². The second-order valence-electron chi connectivity index (χ2n) is 6.50. The molecule has 2 nitrogen and oxygen atoms in total. The van der Waals surface area contributed by atoms with Gasteiger partial charge in [0.1, 0.15) is 5.75 Å². The van der Waals surface area contributed by atoms with Gasteiger partial charge in [0, 0.05) is 11.8 Å². The molecule has 0 aliphatic heterocycles. The minimum Gasteiger partial charge on any atom is -0.507 e. The van der Waals surface area contributed by atoms with E-state index in [0.717, 1.165) is 23.0 Å². The summed E-state index contributed by atoms with van der Waals surface area (Å²) in [6.07, 6.45) is 11.4. The Hall–Kier alpha value is -1.31. The SMILES string of the molecule is Cc1cccc(C=NC2CCCC3CCCCC32)c1O. The molecule has 0 amide bonds. The van der Waals surface area contributed by atoms with Crippen molar-refractivity contribution in [3.63, 3.8) is 0 Å². The summed E-state index contributed by atoms with van der Waals surface area (Å²) in [5, 5.41) is 10.1. The van der Waals surface area contributed by atoms with Crippen LogP contribution in [-0.4, -0.2) is 17.4 Å². The molecule has 20 heavy (non-hydrogen) atoms. The highest BCUT2D eigenvalue weighted by Gasteiger charge is 2.34. The fourth-order valence-corrected chi connectivity index (χ4v) is 4.05. The predicted octanol–water partition coefficient (Wildman–Crippen LogP) is 4.48. The van der Waals surface area contributed by atoms with E-state index in [1.54, 1.807) is 0 Å². The Morgan fingerprint density at radius 2 is 1.90 bits per heavy atom. The number of benzene rings is 1. The van der Waals surface area contributed by atoms with Crippen LogP contribution in [0.2, 0.25) is 0 Å². The molecule has 0 spiro atoms. The second-order valence-corrected chi connectivity index (χ2v) is 6.50. The van der Waals surface area contributed by atoms with E-state index in [1.807, 2.05) is 31.3 Å². The average molecular weight is 271 g/mol. The molecule has 108 valence electrons. The van der Waals surface area contributed by atoms with Crippen molar-refractivity contribution in [2.24, 2.45) is 16.8 Å². The Morgan fingerprint density at radius 1 is 1.10 bits per heavy atom. The number of phenols is 1. The summed E-state index contributed by atoms with van der Waals surface area (Å²) in [6, 6.07) is 6.35. The van der Waals surface area contributed by atoms with E-state index < -0.39 is 0 Å². The van der Waals surface area contributed by atoms with Crippen molar-refractivity contribution in [2.75, 3.05) is 0 Å². The zero-order valence-corrected chi connectivity index (χ0v) is 12.4. The van der Waals surface area contributed by atoms with Crippen molar-refractivity contribution in [3.8, 4) is 5.75 Å². The lowest BCUT2D eigenvalue weighted by atomic mass is 9.68. The summed E-state index contributed by atoms with van der Waals surface area (Å²) in [5.41, 5.74) is 1.79. The van der Waals surface area contributed by atoms with E-state index >= 15 is 0 Å². The smallest absolute Gasteiger partial charge is 0.127 e. The fraction of sp³-hybridized carbons (Fsp3) is 0.611. The Kier molecular flexibility index (Phi) is 4.09. The summed E-state index contributed by atoms with van der Waals surface area (Å²) in [4.78, 5) is 4.85.